The lowest BCUT2D eigenvalue weighted by atomic mass is 10.1. The van der Waals surface area contributed by atoms with Gasteiger partial charge in [0, 0.05) is 5.69 Å². The van der Waals surface area contributed by atoms with Crippen LogP contribution < -0.4 is 15.5 Å². The average Bonchev–Trinajstić information content (AvgIpc) is 2.68. The van der Waals surface area contributed by atoms with Gasteiger partial charge >= 0.3 is 0 Å². The van der Waals surface area contributed by atoms with Crippen LogP contribution in [-0.4, -0.2) is 25.3 Å². The van der Waals surface area contributed by atoms with Crippen LogP contribution in [0.25, 0.3) is 10.8 Å². The molecule has 0 atom stereocenters. The monoisotopic (exact) mass is 347 g/mol. The number of carbonyl (C=O) groups is 1. The fourth-order valence-electron chi connectivity index (χ4n) is 2.52. The molecule has 2 N–H and O–H groups in total. The van der Waals surface area contributed by atoms with E-state index in [0.717, 1.165) is 22.4 Å². The van der Waals surface area contributed by atoms with E-state index in [1.165, 1.54) is 5.39 Å². The highest BCUT2D eigenvalue weighted by atomic mass is 16.5. The van der Waals surface area contributed by atoms with Crippen LogP contribution in [0.1, 0.15) is 12.5 Å². The van der Waals surface area contributed by atoms with Gasteiger partial charge in [-0.05, 0) is 59.7 Å². The van der Waals surface area contributed by atoms with Gasteiger partial charge in [-0.25, -0.2) is 5.43 Å². The van der Waals surface area contributed by atoms with Gasteiger partial charge in [0.2, 0.25) is 0 Å². The van der Waals surface area contributed by atoms with Crippen molar-refractivity contribution in [2.24, 2.45) is 5.10 Å². The number of anilines is 1. The van der Waals surface area contributed by atoms with Crippen molar-refractivity contribution in [3.8, 4) is 5.75 Å². The number of carbonyl (C=O) groups excluding carboxylic acids is 1. The molecule has 132 valence electrons. The number of nitrogens with zero attached hydrogens (tertiary/aromatic N) is 1. The molecule has 26 heavy (non-hydrogen) atoms. The van der Waals surface area contributed by atoms with Crippen LogP contribution in [-0.2, 0) is 4.79 Å². The zero-order valence-electron chi connectivity index (χ0n) is 14.6. The lowest BCUT2D eigenvalue weighted by Gasteiger charge is -2.06. The molecule has 5 heteroatoms. The van der Waals surface area contributed by atoms with Crippen molar-refractivity contribution in [2.75, 3.05) is 18.5 Å². The number of hydrogen-bond acceptors (Lipinski definition) is 4. The smallest absolute Gasteiger partial charge is 0.259 e. The molecule has 1 amide bonds. The van der Waals surface area contributed by atoms with Crippen LogP contribution in [0, 0.1) is 0 Å². The molecule has 0 bridgehead atoms. The Morgan fingerprint density at radius 3 is 2.58 bits per heavy atom. The highest BCUT2D eigenvalue weighted by Crippen LogP contribution is 2.18. The molecule has 3 aromatic rings. The number of nitrogens with one attached hydrogen (secondary N) is 2. The maximum atomic E-state index is 11.9. The van der Waals surface area contributed by atoms with Gasteiger partial charge in [-0.15, -0.1) is 0 Å². The Morgan fingerprint density at radius 1 is 1.04 bits per heavy atom. The number of amides is 1. The van der Waals surface area contributed by atoms with Crippen molar-refractivity contribution in [3.05, 3.63) is 72.3 Å². The largest absolute Gasteiger partial charge is 0.494 e. The predicted octanol–water partition coefficient (Wildman–Crippen LogP) is 3.80. The van der Waals surface area contributed by atoms with Gasteiger partial charge in [0.05, 0.1) is 19.4 Å². The Morgan fingerprint density at radius 2 is 1.81 bits per heavy atom. The van der Waals surface area contributed by atoms with Crippen molar-refractivity contribution in [2.45, 2.75) is 6.92 Å². The summed E-state index contributed by atoms with van der Waals surface area (Å²) in [6.45, 7) is 2.73. The maximum absolute atomic E-state index is 11.9. The van der Waals surface area contributed by atoms with Crippen LogP contribution in [0.15, 0.2) is 71.8 Å². The van der Waals surface area contributed by atoms with E-state index in [1.807, 2.05) is 67.6 Å². The van der Waals surface area contributed by atoms with Gasteiger partial charge < -0.3 is 10.1 Å². The molecule has 0 aromatic heterocycles. The number of rotatable bonds is 7. The lowest BCUT2D eigenvalue weighted by Crippen LogP contribution is -2.25. The van der Waals surface area contributed by atoms with Gasteiger partial charge in [0.1, 0.15) is 5.75 Å². The molecule has 0 fully saturated rings. The summed E-state index contributed by atoms with van der Waals surface area (Å²) < 4.78 is 5.38. The minimum atomic E-state index is -0.208. The topological polar surface area (TPSA) is 62.7 Å². The maximum Gasteiger partial charge on any atom is 0.259 e. The first-order valence-electron chi connectivity index (χ1n) is 8.52. The minimum absolute atomic E-state index is 0.152. The number of fused-ring (bicyclic) bond motifs is 1. The molecule has 0 heterocycles. The van der Waals surface area contributed by atoms with E-state index in [0.29, 0.717) is 6.61 Å². The number of benzene rings is 3. The van der Waals surface area contributed by atoms with E-state index >= 15 is 0 Å². The summed E-state index contributed by atoms with van der Waals surface area (Å²) >= 11 is 0. The van der Waals surface area contributed by atoms with Crippen LogP contribution >= 0.6 is 0 Å². The Kier molecular flexibility index (Phi) is 5.83. The van der Waals surface area contributed by atoms with Gasteiger partial charge in [-0.2, -0.15) is 5.10 Å². The quantitative estimate of drug-likeness (QED) is 0.505. The van der Waals surface area contributed by atoms with E-state index in [1.54, 1.807) is 6.21 Å². The van der Waals surface area contributed by atoms with Crippen molar-refractivity contribution < 1.29 is 9.53 Å². The number of ether oxygens (including phenoxy) is 1. The highest BCUT2D eigenvalue weighted by Gasteiger charge is 2.01. The normalized spacial score (nSPS) is 10.8. The summed E-state index contributed by atoms with van der Waals surface area (Å²) in [6.07, 6.45) is 1.60. The first-order chi connectivity index (χ1) is 12.7. The molecule has 0 saturated heterocycles. The first kappa shape index (κ1) is 17.5. The molecule has 3 rings (SSSR count). The van der Waals surface area contributed by atoms with E-state index in [2.05, 4.69) is 21.9 Å². The molecule has 0 unspecified atom stereocenters. The second-order valence-corrected chi connectivity index (χ2v) is 5.71. The van der Waals surface area contributed by atoms with Crippen LogP contribution in [0.5, 0.6) is 5.75 Å². The fraction of sp³-hybridized carbons (Fsp3) is 0.143. The van der Waals surface area contributed by atoms with E-state index in [-0.39, 0.29) is 12.5 Å². The zero-order chi connectivity index (χ0) is 18.2. The van der Waals surface area contributed by atoms with Crippen molar-refractivity contribution in [1.82, 2.24) is 5.43 Å². The summed E-state index contributed by atoms with van der Waals surface area (Å²) in [5, 5.41) is 9.38. The molecule has 0 aliphatic carbocycles. The molecule has 0 spiro atoms. The Balaban J connectivity index is 1.48. The second-order valence-electron chi connectivity index (χ2n) is 5.71. The van der Waals surface area contributed by atoms with Crippen LogP contribution in [0.2, 0.25) is 0 Å². The van der Waals surface area contributed by atoms with Crippen molar-refractivity contribution in [1.29, 1.82) is 0 Å². The van der Waals surface area contributed by atoms with Gasteiger partial charge in [0.25, 0.3) is 5.91 Å². The molecule has 0 aliphatic heterocycles. The molecule has 3 aromatic carbocycles. The van der Waals surface area contributed by atoms with Crippen LogP contribution in [0.3, 0.4) is 0 Å². The third-order valence-electron chi connectivity index (χ3n) is 3.80. The summed E-state index contributed by atoms with van der Waals surface area (Å²) in [6, 6.07) is 21.6. The summed E-state index contributed by atoms with van der Waals surface area (Å²) in [5.41, 5.74) is 4.30. The summed E-state index contributed by atoms with van der Waals surface area (Å²) in [7, 11) is 0. The van der Waals surface area contributed by atoms with Gasteiger partial charge in [-0.3, -0.25) is 4.79 Å². The average molecular weight is 347 g/mol. The zero-order valence-corrected chi connectivity index (χ0v) is 14.6. The second kappa shape index (κ2) is 8.67. The summed E-state index contributed by atoms with van der Waals surface area (Å²) in [5.74, 6) is 0.605. The van der Waals surface area contributed by atoms with E-state index in [9.17, 15) is 4.79 Å². The number of hydrogen-bond donors (Lipinski definition) is 2. The molecular weight excluding hydrogens is 326 g/mol. The molecule has 0 aliphatic rings. The number of hydrazone groups is 1. The first-order valence-corrected chi connectivity index (χ1v) is 8.52. The third kappa shape index (κ3) is 4.83. The molecular formula is C21H21N3O2. The van der Waals surface area contributed by atoms with Gasteiger partial charge in [0.15, 0.2) is 0 Å². The Labute approximate surface area is 152 Å². The molecule has 0 saturated carbocycles. The summed E-state index contributed by atoms with van der Waals surface area (Å²) in [4.78, 5) is 11.9. The Hall–Kier alpha value is -3.34. The minimum Gasteiger partial charge on any atom is -0.494 e. The standard InChI is InChI=1S/C21H21N3O2/c1-2-26-20-11-7-16(8-12-20)14-23-24-21(25)15-22-19-10-9-17-5-3-4-6-18(17)13-19/h3-14,22H,2,15H2,1H3,(H,24,25)/b23-14+. The fourth-order valence-corrected chi connectivity index (χ4v) is 2.52. The Bertz CT molecular complexity index is 905. The SMILES string of the molecule is CCOc1ccc(/C=N/NC(=O)CNc2ccc3ccccc3c2)cc1. The lowest BCUT2D eigenvalue weighted by molar-refractivity contribution is -0.119. The van der Waals surface area contributed by atoms with E-state index < -0.39 is 0 Å². The highest BCUT2D eigenvalue weighted by molar-refractivity contribution is 5.87. The molecule has 5 nitrogen and oxygen atoms in total. The predicted molar refractivity (Wildman–Crippen MR) is 106 cm³/mol. The molecule has 0 radical (unpaired) electrons. The van der Waals surface area contributed by atoms with Crippen molar-refractivity contribution >= 4 is 28.6 Å². The van der Waals surface area contributed by atoms with Crippen LogP contribution in [0.4, 0.5) is 5.69 Å². The third-order valence-corrected chi connectivity index (χ3v) is 3.80. The van der Waals surface area contributed by atoms with E-state index in [4.69, 9.17) is 4.74 Å². The van der Waals surface area contributed by atoms with Gasteiger partial charge in [-0.1, -0.05) is 30.3 Å². The van der Waals surface area contributed by atoms with Crippen molar-refractivity contribution in [3.63, 3.8) is 0 Å².